The number of aromatic hydroxyl groups is 1. The van der Waals surface area contributed by atoms with E-state index in [1.54, 1.807) is 0 Å². The Bertz CT molecular complexity index is 374. The van der Waals surface area contributed by atoms with Crippen LogP contribution in [0.3, 0.4) is 0 Å². The molecule has 0 amide bonds. The summed E-state index contributed by atoms with van der Waals surface area (Å²) in [7, 11) is 0. The van der Waals surface area contributed by atoms with Crippen molar-refractivity contribution in [3.05, 3.63) is 28.0 Å². The largest absolute Gasteiger partial charge is 0.507 e. The summed E-state index contributed by atoms with van der Waals surface area (Å²) in [6, 6.07) is 1.13. The number of hydrogen-bond donors (Lipinski definition) is 1. The molecule has 0 aliphatic heterocycles. The molecular weight excluding hydrogens is 195 g/mol. The number of Topliss-reactive ketones (excluding diaryl/α,β-unsaturated/α-hetero) is 1. The van der Waals surface area contributed by atoms with Gasteiger partial charge in [0.05, 0.1) is 10.6 Å². The Kier molecular flexibility index (Phi) is 2.57. The zero-order valence-electron chi connectivity index (χ0n) is 7.19. The highest BCUT2D eigenvalue weighted by molar-refractivity contribution is 6.31. The van der Waals surface area contributed by atoms with E-state index in [2.05, 4.69) is 0 Å². The molecule has 0 saturated heterocycles. The number of rotatable bonds is 1. The van der Waals surface area contributed by atoms with Gasteiger partial charge >= 0.3 is 0 Å². The van der Waals surface area contributed by atoms with Gasteiger partial charge in [0.15, 0.2) is 5.78 Å². The van der Waals surface area contributed by atoms with E-state index < -0.39 is 5.82 Å². The molecule has 1 N–H and O–H groups in total. The zero-order valence-corrected chi connectivity index (χ0v) is 7.94. The van der Waals surface area contributed by atoms with Gasteiger partial charge in [-0.3, -0.25) is 4.79 Å². The maximum Gasteiger partial charge on any atom is 0.163 e. The van der Waals surface area contributed by atoms with Crippen LogP contribution < -0.4 is 0 Å². The maximum absolute atomic E-state index is 13.0. The fourth-order valence-corrected chi connectivity index (χ4v) is 1.26. The molecule has 1 rings (SSSR count). The number of carbonyl (C=O) groups excluding carboxylic acids is 1. The molecule has 0 unspecified atom stereocenters. The lowest BCUT2D eigenvalue weighted by molar-refractivity contribution is 0.101. The van der Waals surface area contributed by atoms with Crippen LogP contribution in [-0.2, 0) is 0 Å². The predicted molar refractivity (Wildman–Crippen MR) is 47.8 cm³/mol. The lowest BCUT2D eigenvalue weighted by Gasteiger charge is -2.06. The maximum atomic E-state index is 13.0. The van der Waals surface area contributed by atoms with E-state index in [-0.39, 0.29) is 27.7 Å². The summed E-state index contributed by atoms with van der Waals surface area (Å²) >= 11 is 5.50. The number of hydrogen-bond acceptors (Lipinski definition) is 2. The Labute approximate surface area is 80.0 Å². The highest BCUT2D eigenvalue weighted by atomic mass is 35.5. The summed E-state index contributed by atoms with van der Waals surface area (Å²) in [6.07, 6.45) is 0. The van der Waals surface area contributed by atoms with Crippen LogP contribution in [0.25, 0.3) is 0 Å². The summed E-state index contributed by atoms with van der Waals surface area (Å²) in [5, 5.41) is 9.20. The second-order valence-corrected chi connectivity index (χ2v) is 3.16. The van der Waals surface area contributed by atoms with E-state index >= 15 is 0 Å². The minimum atomic E-state index is -0.691. The third kappa shape index (κ3) is 1.65. The smallest absolute Gasteiger partial charge is 0.163 e. The number of halogens is 2. The molecule has 0 fully saturated rings. The van der Waals surface area contributed by atoms with Crippen LogP contribution in [0, 0.1) is 12.7 Å². The van der Waals surface area contributed by atoms with Crippen LogP contribution >= 0.6 is 11.6 Å². The molecule has 4 heteroatoms. The highest BCUT2D eigenvalue weighted by Gasteiger charge is 2.15. The molecular formula is C9H8ClFO2. The van der Waals surface area contributed by atoms with E-state index in [0.717, 1.165) is 6.07 Å². The van der Waals surface area contributed by atoms with E-state index in [4.69, 9.17) is 11.6 Å². The lowest BCUT2D eigenvalue weighted by atomic mass is 10.1. The summed E-state index contributed by atoms with van der Waals surface area (Å²) in [4.78, 5) is 10.9. The van der Waals surface area contributed by atoms with Crippen LogP contribution in [0.15, 0.2) is 6.07 Å². The third-order valence-corrected chi connectivity index (χ3v) is 2.07. The normalized spacial score (nSPS) is 10.2. The van der Waals surface area contributed by atoms with Gasteiger partial charge in [0, 0.05) is 5.56 Å². The van der Waals surface area contributed by atoms with Gasteiger partial charge in [-0.25, -0.2) is 4.39 Å². The van der Waals surface area contributed by atoms with Crippen molar-refractivity contribution in [3.63, 3.8) is 0 Å². The fourth-order valence-electron chi connectivity index (χ4n) is 1.01. The van der Waals surface area contributed by atoms with Gasteiger partial charge in [-0.15, -0.1) is 0 Å². The number of phenolic OH excluding ortho intramolecular Hbond substituents is 1. The second-order valence-electron chi connectivity index (χ2n) is 2.75. The van der Waals surface area contributed by atoms with Crippen LogP contribution in [-0.4, -0.2) is 10.9 Å². The molecule has 0 aliphatic carbocycles. The SMILES string of the molecule is CC(=O)c1cc(Cl)c(F)c(C)c1O. The molecule has 0 aromatic heterocycles. The topological polar surface area (TPSA) is 37.3 Å². The predicted octanol–water partition coefficient (Wildman–Crippen LogP) is 2.70. The summed E-state index contributed by atoms with van der Waals surface area (Å²) < 4.78 is 13.0. The lowest BCUT2D eigenvalue weighted by Crippen LogP contribution is -1.97. The van der Waals surface area contributed by atoms with Crippen molar-refractivity contribution in [2.24, 2.45) is 0 Å². The molecule has 0 spiro atoms. The number of benzene rings is 1. The first-order valence-corrected chi connectivity index (χ1v) is 4.01. The van der Waals surface area contributed by atoms with Crippen LogP contribution in [0.5, 0.6) is 5.75 Å². The molecule has 0 bridgehead atoms. The molecule has 70 valence electrons. The minimum absolute atomic E-state index is 0.00213. The first-order valence-electron chi connectivity index (χ1n) is 3.63. The third-order valence-electron chi connectivity index (χ3n) is 1.80. The molecule has 0 heterocycles. The van der Waals surface area contributed by atoms with Crippen molar-refractivity contribution >= 4 is 17.4 Å². The summed E-state index contributed by atoms with van der Waals surface area (Å²) in [5.74, 6) is -1.37. The molecule has 1 aromatic rings. The number of phenols is 1. The Morgan fingerprint density at radius 1 is 1.62 bits per heavy atom. The first kappa shape index (κ1) is 9.99. The Morgan fingerprint density at radius 3 is 2.62 bits per heavy atom. The molecule has 2 nitrogen and oxygen atoms in total. The van der Waals surface area contributed by atoms with Crippen molar-refractivity contribution in [3.8, 4) is 5.75 Å². The van der Waals surface area contributed by atoms with Crippen molar-refractivity contribution in [1.82, 2.24) is 0 Å². The van der Waals surface area contributed by atoms with Gasteiger partial charge < -0.3 is 5.11 Å². The van der Waals surface area contributed by atoms with Gasteiger partial charge in [0.1, 0.15) is 11.6 Å². The average Bonchev–Trinajstić information content (AvgIpc) is 2.07. The minimum Gasteiger partial charge on any atom is -0.507 e. The van der Waals surface area contributed by atoms with Gasteiger partial charge in [0.25, 0.3) is 0 Å². The molecule has 0 radical (unpaired) electrons. The molecule has 0 saturated carbocycles. The standard InChI is InChI=1S/C9H8ClFO2/c1-4-8(11)7(10)3-6(5(2)12)9(4)13/h3,13H,1-2H3. The Morgan fingerprint density at radius 2 is 2.15 bits per heavy atom. The van der Waals surface area contributed by atoms with Gasteiger partial charge in [-0.2, -0.15) is 0 Å². The highest BCUT2D eigenvalue weighted by Crippen LogP contribution is 2.30. The Balaban J connectivity index is 3.50. The van der Waals surface area contributed by atoms with Crippen LogP contribution in [0.2, 0.25) is 5.02 Å². The molecule has 13 heavy (non-hydrogen) atoms. The number of ketones is 1. The zero-order chi connectivity index (χ0) is 10.2. The first-order chi connectivity index (χ1) is 5.95. The van der Waals surface area contributed by atoms with Crippen molar-refractivity contribution in [1.29, 1.82) is 0 Å². The van der Waals surface area contributed by atoms with E-state index in [1.165, 1.54) is 13.8 Å². The molecule has 1 aromatic carbocycles. The van der Waals surface area contributed by atoms with Gasteiger partial charge in [-0.05, 0) is 19.9 Å². The quantitative estimate of drug-likeness (QED) is 0.711. The van der Waals surface area contributed by atoms with E-state index in [9.17, 15) is 14.3 Å². The number of carbonyl (C=O) groups is 1. The van der Waals surface area contributed by atoms with Gasteiger partial charge in [-0.1, -0.05) is 11.6 Å². The summed E-state index contributed by atoms with van der Waals surface area (Å²) in [6.45, 7) is 2.64. The van der Waals surface area contributed by atoms with Crippen molar-refractivity contribution in [2.45, 2.75) is 13.8 Å². The second kappa shape index (κ2) is 3.34. The average molecular weight is 203 g/mol. The molecule has 0 atom stereocenters. The molecule has 0 aliphatic rings. The van der Waals surface area contributed by atoms with Crippen LogP contribution in [0.4, 0.5) is 4.39 Å². The van der Waals surface area contributed by atoms with Gasteiger partial charge in [0.2, 0.25) is 0 Å². The van der Waals surface area contributed by atoms with E-state index in [0.29, 0.717) is 0 Å². The van der Waals surface area contributed by atoms with Crippen molar-refractivity contribution < 1.29 is 14.3 Å². The monoisotopic (exact) mass is 202 g/mol. The van der Waals surface area contributed by atoms with Crippen molar-refractivity contribution in [2.75, 3.05) is 0 Å². The van der Waals surface area contributed by atoms with E-state index in [1.807, 2.05) is 0 Å². The Hall–Kier alpha value is -1.09. The fraction of sp³-hybridized carbons (Fsp3) is 0.222. The summed E-state index contributed by atoms with van der Waals surface area (Å²) in [5.41, 5.74) is 0.0431. The van der Waals surface area contributed by atoms with Crippen LogP contribution in [0.1, 0.15) is 22.8 Å².